The first kappa shape index (κ1) is 16.4. The monoisotopic (exact) mass is 355 g/mol. The minimum atomic E-state index is 0.124. The van der Waals surface area contributed by atoms with Gasteiger partial charge in [0.15, 0.2) is 11.5 Å². The number of amides is 1. The van der Waals surface area contributed by atoms with E-state index in [0.717, 1.165) is 49.1 Å². The third-order valence-electron chi connectivity index (χ3n) is 4.58. The molecule has 4 rings (SSSR count). The number of ether oxygens (including phenoxy) is 2. The van der Waals surface area contributed by atoms with Crippen LogP contribution in [0.15, 0.2) is 30.5 Å². The molecule has 3 heterocycles. The number of carbonyl (C=O) groups excluding carboxylic acids is 1. The van der Waals surface area contributed by atoms with Crippen LogP contribution < -0.4 is 19.7 Å². The van der Waals surface area contributed by atoms with Gasteiger partial charge in [-0.05, 0) is 23.8 Å². The molecule has 1 fully saturated rings. The molecule has 0 saturated carbocycles. The highest BCUT2D eigenvalue weighted by Gasteiger charge is 2.20. The van der Waals surface area contributed by atoms with Gasteiger partial charge < -0.3 is 24.6 Å². The average molecular weight is 355 g/mol. The van der Waals surface area contributed by atoms with E-state index in [9.17, 15) is 4.79 Å². The fourth-order valence-corrected chi connectivity index (χ4v) is 3.09. The Morgan fingerprint density at radius 2 is 1.96 bits per heavy atom. The molecule has 1 aromatic heterocycles. The van der Waals surface area contributed by atoms with E-state index in [1.165, 1.54) is 0 Å². The second-order valence-corrected chi connectivity index (χ2v) is 6.27. The number of hydrogen-bond acceptors (Lipinski definition) is 7. The maximum absolute atomic E-state index is 11.4. The Morgan fingerprint density at radius 1 is 1.15 bits per heavy atom. The zero-order chi connectivity index (χ0) is 17.9. The average Bonchev–Trinajstić information content (AvgIpc) is 3.14. The topological polar surface area (TPSA) is 79.8 Å². The van der Waals surface area contributed by atoms with Crippen molar-refractivity contribution < 1.29 is 14.3 Å². The molecule has 2 aliphatic heterocycles. The zero-order valence-corrected chi connectivity index (χ0v) is 14.6. The van der Waals surface area contributed by atoms with Crippen molar-refractivity contribution in [1.82, 2.24) is 14.9 Å². The Labute approximate surface area is 151 Å². The summed E-state index contributed by atoms with van der Waals surface area (Å²) >= 11 is 0. The lowest BCUT2D eigenvalue weighted by Gasteiger charge is -2.34. The predicted octanol–water partition coefficient (Wildman–Crippen LogP) is 1.49. The van der Waals surface area contributed by atoms with Gasteiger partial charge in [-0.3, -0.25) is 4.79 Å². The van der Waals surface area contributed by atoms with Crippen molar-refractivity contribution in [3.8, 4) is 11.5 Å². The van der Waals surface area contributed by atoms with Crippen LogP contribution in [0.5, 0.6) is 11.5 Å². The third-order valence-corrected chi connectivity index (χ3v) is 4.58. The number of hydrogen-bond donors (Lipinski definition) is 1. The number of rotatable bonds is 4. The van der Waals surface area contributed by atoms with Crippen molar-refractivity contribution in [3.05, 3.63) is 36.0 Å². The maximum Gasteiger partial charge on any atom is 0.231 e. The van der Waals surface area contributed by atoms with Crippen LogP contribution in [0.25, 0.3) is 0 Å². The number of nitrogens with one attached hydrogen (secondary N) is 1. The van der Waals surface area contributed by atoms with E-state index < -0.39 is 0 Å². The zero-order valence-electron chi connectivity index (χ0n) is 14.6. The highest BCUT2D eigenvalue weighted by molar-refractivity contribution is 5.73. The van der Waals surface area contributed by atoms with Crippen LogP contribution in [-0.4, -0.2) is 53.7 Å². The summed E-state index contributed by atoms with van der Waals surface area (Å²) in [5, 5.41) is 3.25. The first-order chi connectivity index (χ1) is 12.7. The van der Waals surface area contributed by atoms with E-state index in [1.54, 1.807) is 13.1 Å². The Hall–Kier alpha value is -3.03. The van der Waals surface area contributed by atoms with E-state index in [2.05, 4.69) is 20.2 Å². The highest BCUT2D eigenvalue weighted by atomic mass is 16.7. The van der Waals surface area contributed by atoms with Crippen LogP contribution in [0.1, 0.15) is 12.5 Å². The fourth-order valence-electron chi connectivity index (χ4n) is 3.09. The summed E-state index contributed by atoms with van der Waals surface area (Å²) in [6.07, 6.45) is 1.75. The van der Waals surface area contributed by atoms with Crippen molar-refractivity contribution in [3.63, 3.8) is 0 Å². The smallest absolute Gasteiger partial charge is 0.231 e. The second kappa shape index (κ2) is 7.07. The Bertz CT molecular complexity index is 805. The van der Waals surface area contributed by atoms with Crippen molar-refractivity contribution in [2.75, 3.05) is 43.2 Å². The molecule has 2 aromatic rings. The fraction of sp³-hybridized carbons (Fsp3) is 0.389. The molecule has 1 amide bonds. The van der Waals surface area contributed by atoms with Crippen molar-refractivity contribution in [2.45, 2.75) is 13.5 Å². The summed E-state index contributed by atoms with van der Waals surface area (Å²) in [5.41, 5.74) is 1.07. The van der Waals surface area contributed by atoms with Gasteiger partial charge in [0, 0.05) is 45.8 Å². The van der Waals surface area contributed by atoms with Crippen molar-refractivity contribution in [2.24, 2.45) is 0 Å². The van der Waals surface area contributed by atoms with Crippen LogP contribution in [0.4, 0.5) is 11.8 Å². The molecule has 26 heavy (non-hydrogen) atoms. The number of aromatic nitrogens is 2. The standard InChI is InChI=1S/C18H21N5O3/c1-13(24)22-6-8-23(9-7-22)17-4-5-19-18(21-17)20-11-14-2-3-15-16(10-14)26-12-25-15/h2-5,10H,6-9,11-12H2,1H3,(H,19,20,21). The third kappa shape index (κ3) is 3.49. The normalized spacial score (nSPS) is 15.9. The van der Waals surface area contributed by atoms with Gasteiger partial charge in [0.2, 0.25) is 18.6 Å². The molecule has 0 atom stereocenters. The predicted molar refractivity (Wildman–Crippen MR) is 96.4 cm³/mol. The lowest BCUT2D eigenvalue weighted by atomic mass is 10.2. The molecule has 1 aromatic carbocycles. The lowest BCUT2D eigenvalue weighted by Crippen LogP contribution is -2.48. The summed E-state index contributed by atoms with van der Waals surface area (Å²) in [4.78, 5) is 24.4. The Morgan fingerprint density at radius 3 is 2.77 bits per heavy atom. The van der Waals surface area contributed by atoms with Gasteiger partial charge in [0.1, 0.15) is 5.82 Å². The van der Waals surface area contributed by atoms with Gasteiger partial charge in [-0.2, -0.15) is 4.98 Å². The number of carbonyl (C=O) groups is 1. The summed E-state index contributed by atoms with van der Waals surface area (Å²) in [6.45, 7) is 5.47. The number of benzene rings is 1. The molecule has 8 nitrogen and oxygen atoms in total. The summed E-state index contributed by atoms with van der Waals surface area (Å²) < 4.78 is 10.7. The number of piperazine rings is 1. The van der Waals surface area contributed by atoms with Crippen molar-refractivity contribution in [1.29, 1.82) is 0 Å². The number of nitrogens with zero attached hydrogens (tertiary/aromatic N) is 4. The van der Waals surface area contributed by atoms with Gasteiger partial charge in [0.05, 0.1) is 0 Å². The van der Waals surface area contributed by atoms with Gasteiger partial charge in [-0.25, -0.2) is 4.98 Å². The molecule has 136 valence electrons. The molecule has 0 spiro atoms. The quantitative estimate of drug-likeness (QED) is 0.890. The summed E-state index contributed by atoms with van der Waals surface area (Å²) in [5.74, 6) is 3.11. The molecule has 0 radical (unpaired) electrons. The second-order valence-electron chi connectivity index (χ2n) is 6.27. The van der Waals surface area contributed by atoms with Crippen LogP contribution >= 0.6 is 0 Å². The van der Waals surface area contributed by atoms with Gasteiger partial charge >= 0.3 is 0 Å². The molecule has 2 aliphatic rings. The van der Waals surface area contributed by atoms with Crippen LogP contribution in [0.3, 0.4) is 0 Å². The van der Waals surface area contributed by atoms with Gasteiger partial charge in [-0.15, -0.1) is 0 Å². The molecule has 1 saturated heterocycles. The lowest BCUT2D eigenvalue weighted by molar-refractivity contribution is -0.129. The molecular weight excluding hydrogens is 334 g/mol. The summed E-state index contributed by atoms with van der Waals surface area (Å²) in [6, 6.07) is 7.76. The van der Waals surface area contributed by atoms with Gasteiger partial charge in [0.25, 0.3) is 0 Å². The SMILES string of the molecule is CC(=O)N1CCN(c2ccnc(NCc3ccc4c(c3)OCO4)n2)CC1. The first-order valence-corrected chi connectivity index (χ1v) is 8.65. The van der Waals surface area contributed by atoms with Crippen LogP contribution in [0.2, 0.25) is 0 Å². The van der Waals surface area contributed by atoms with E-state index in [4.69, 9.17) is 9.47 Å². The van der Waals surface area contributed by atoms with Crippen LogP contribution in [-0.2, 0) is 11.3 Å². The number of anilines is 2. The first-order valence-electron chi connectivity index (χ1n) is 8.65. The molecular formula is C18H21N5O3. The van der Waals surface area contributed by atoms with Crippen molar-refractivity contribution >= 4 is 17.7 Å². The van der Waals surface area contributed by atoms with E-state index in [0.29, 0.717) is 12.5 Å². The highest BCUT2D eigenvalue weighted by Crippen LogP contribution is 2.32. The molecule has 0 bridgehead atoms. The van der Waals surface area contributed by atoms with Crippen LogP contribution in [0, 0.1) is 0 Å². The minimum absolute atomic E-state index is 0.124. The molecule has 0 aliphatic carbocycles. The molecule has 1 N–H and O–H groups in total. The minimum Gasteiger partial charge on any atom is -0.454 e. The van der Waals surface area contributed by atoms with E-state index in [1.807, 2.05) is 29.2 Å². The largest absolute Gasteiger partial charge is 0.454 e. The number of fused-ring (bicyclic) bond motifs is 1. The Balaban J connectivity index is 1.38. The maximum atomic E-state index is 11.4. The van der Waals surface area contributed by atoms with Gasteiger partial charge in [-0.1, -0.05) is 6.07 Å². The Kier molecular flexibility index (Phi) is 4.47. The van der Waals surface area contributed by atoms with E-state index >= 15 is 0 Å². The molecule has 0 unspecified atom stereocenters. The summed E-state index contributed by atoms with van der Waals surface area (Å²) in [7, 11) is 0. The van der Waals surface area contributed by atoms with E-state index in [-0.39, 0.29) is 12.7 Å². The molecule has 8 heteroatoms.